The average molecular weight is 580 g/mol. The number of rotatable bonds is 12. The summed E-state index contributed by atoms with van der Waals surface area (Å²) in [4.78, 5) is 52.2. The summed E-state index contributed by atoms with van der Waals surface area (Å²) in [5, 5.41) is 13.9. The minimum absolute atomic E-state index is 0.00519. The van der Waals surface area contributed by atoms with Crippen molar-refractivity contribution in [3.8, 4) is 0 Å². The Morgan fingerprint density at radius 3 is 1.98 bits per heavy atom. The van der Waals surface area contributed by atoms with Gasteiger partial charge in [-0.25, -0.2) is 0 Å². The topological polar surface area (TPSA) is 143 Å². The van der Waals surface area contributed by atoms with Crippen molar-refractivity contribution in [2.45, 2.75) is 71.4 Å². The molecular formula is C30H37N5O5S. The van der Waals surface area contributed by atoms with E-state index in [0.717, 1.165) is 45.4 Å². The molecule has 3 rings (SSSR count). The second-order valence-electron chi connectivity index (χ2n) is 10.3. The van der Waals surface area contributed by atoms with E-state index in [4.69, 9.17) is 4.74 Å². The van der Waals surface area contributed by atoms with Gasteiger partial charge < -0.3 is 15.4 Å². The highest BCUT2D eigenvalue weighted by Gasteiger charge is 2.16. The smallest absolute Gasteiger partial charge is 0.306 e. The van der Waals surface area contributed by atoms with Crippen LogP contribution < -0.4 is 16.2 Å². The number of ether oxygens (including phenoxy) is 1. The highest BCUT2D eigenvalue weighted by Crippen LogP contribution is 2.28. The zero-order valence-corrected chi connectivity index (χ0v) is 25.1. The number of aromatic amines is 1. The molecule has 41 heavy (non-hydrogen) atoms. The lowest BCUT2D eigenvalue weighted by Crippen LogP contribution is -2.23. The number of thioether (sulfide) groups is 1. The first-order valence-electron chi connectivity index (χ1n) is 13.5. The summed E-state index contributed by atoms with van der Waals surface area (Å²) in [6, 6.07) is 11.7. The molecule has 0 saturated heterocycles. The Balaban J connectivity index is 1.47. The first-order valence-corrected chi connectivity index (χ1v) is 14.5. The first kappa shape index (κ1) is 31.5. The van der Waals surface area contributed by atoms with E-state index in [2.05, 4.69) is 39.7 Å². The fourth-order valence-corrected chi connectivity index (χ4v) is 4.79. The summed E-state index contributed by atoms with van der Waals surface area (Å²) < 4.78 is 5.09. The van der Waals surface area contributed by atoms with E-state index < -0.39 is 24.0 Å². The van der Waals surface area contributed by atoms with E-state index in [0.29, 0.717) is 0 Å². The number of aryl methyl sites for hydroxylation is 3. The highest BCUT2D eigenvalue weighted by molar-refractivity contribution is 7.99. The van der Waals surface area contributed by atoms with Crippen LogP contribution in [0.4, 0.5) is 11.4 Å². The Kier molecular flexibility index (Phi) is 11.2. The number of nitrogens with one attached hydrogen (secondary N) is 3. The molecule has 0 aliphatic heterocycles. The van der Waals surface area contributed by atoms with Crippen molar-refractivity contribution in [3.05, 3.63) is 74.7 Å². The molecule has 2 amide bonds. The molecule has 1 aromatic heterocycles. The summed E-state index contributed by atoms with van der Waals surface area (Å²) >= 11 is 1.05. The minimum Gasteiger partial charge on any atom is -0.456 e. The molecule has 0 bridgehead atoms. The average Bonchev–Trinajstić information content (AvgIpc) is 2.92. The van der Waals surface area contributed by atoms with Gasteiger partial charge in [-0.05, 0) is 47.9 Å². The van der Waals surface area contributed by atoms with Gasteiger partial charge in [-0.1, -0.05) is 75.9 Å². The molecule has 0 fully saturated rings. The third kappa shape index (κ3) is 9.01. The monoisotopic (exact) mass is 579 g/mol. The molecule has 1 heterocycles. The van der Waals surface area contributed by atoms with Crippen LogP contribution in [-0.4, -0.2) is 45.3 Å². The van der Waals surface area contributed by atoms with Gasteiger partial charge >= 0.3 is 5.97 Å². The molecule has 0 aliphatic carbocycles. The van der Waals surface area contributed by atoms with Crippen molar-refractivity contribution in [1.82, 2.24) is 15.2 Å². The molecule has 0 radical (unpaired) electrons. The predicted molar refractivity (Wildman–Crippen MR) is 160 cm³/mol. The molecule has 10 nitrogen and oxygen atoms in total. The van der Waals surface area contributed by atoms with Gasteiger partial charge in [0.15, 0.2) is 11.8 Å². The number of carbonyl (C=O) groups is 3. The van der Waals surface area contributed by atoms with E-state index in [1.807, 2.05) is 64.1 Å². The lowest BCUT2D eigenvalue weighted by atomic mass is 9.98. The normalized spacial score (nSPS) is 11.0. The molecule has 0 aliphatic rings. The van der Waals surface area contributed by atoms with Crippen molar-refractivity contribution in [1.29, 1.82) is 0 Å². The van der Waals surface area contributed by atoms with Crippen LogP contribution in [0.5, 0.6) is 0 Å². The van der Waals surface area contributed by atoms with Gasteiger partial charge in [-0.2, -0.15) is 0 Å². The van der Waals surface area contributed by atoms with E-state index >= 15 is 0 Å². The van der Waals surface area contributed by atoms with Crippen LogP contribution in [0.25, 0.3) is 0 Å². The maximum Gasteiger partial charge on any atom is 0.306 e. The largest absolute Gasteiger partial charge is 0.456 e. The molecule has 3 N–H and O–H groups in total. The Labute approximate surface area is 244 Å². The third-order valence-corrected chi connectivity index (χ3v) is 7.26. The van der Waals surface area contributed by atoms with Crippen LogP contribution in [0.2, 0.25) is 0 Å². The quantitative estimate of drug-likeness (QED) is 0.204. The van der Waals surface area contributed by atoms with Gasteiger partial charge in [0.25, 0.3) is 11.5 Å². The molecule has 11 heteroatoms. The molecule has 0 atom stereocenters. The summed E-state index contributed by atoms with van der Waals surface area (Å²) in [6.45, 7) is 11.6. The number of anilines is 2. The van der Waals surface area contributed by atoms with Crippen molar-refractivity contribution < 1.29 is 19.1 Å². The van der Waals surface area contributed by atoms with Crippen molar-refractivity contribution in [2.75, 3.05) is 23.0 Å². The fraction of sp³-hybridized carbons (Fsp3) is 0.400. The van der Waals surface area contributed by atoms with Crippen molar-refractivity contribution >= 4 is 40.9 Å². The predicted octanol–water partition coefficient (Wildman–Crippen LogP) is 4.87. The van der Waals surface area contributed by atoms with E-state index in [1.54, 1.807) is 0 Å². The maximum absolute atomic E-state index is 12.6. The van der Waals surface area contributed by atoms with Gasteiger partial charge in [0.2, 0.25) is 5.91 Å². The molecule has 0 unspecified atom stereocenters. The van der Waals surface area contributed by atoms with E-state index in [1.165, 1.54) is 0 Å². The Bertz CT molecular complexity index is 1470. The Morgan fingerprint density at radius 2 is 1.44 bits per heavy atom. The zero-order chi connectivity index (χ0) is 30.1. The third-order valence-electron chi connectivity index (χ3n) is 6.40. The first-order chi connectivity index (χ1) is 19.5. The molecule has 3 aromatic rings. The molecule has 0 spiro atoms. The van der Waals surface area contributed by atoms with Gasteiger partial charge in [-0.15, -0.1) is 10.2 Å². The Morgan fingerprint density at radius 1 is 0.878 bits per heavy atom. The molecule has 218 valence electrons. The second-order valence-corrected chi connectivity index (χ2v) is 11.3. The van der Waals surface area contributed by atoms with Gasteiger partial charge in [0.1, 0.15) is 5.69 Å². The van der Waals surface area contributed by atoms with Crippen LogP contribution >= 0.6 is 11.8 Å². The highest BCUT2D eigenvalue weighted by atomic mass is 32.2. The van der Waals surface area contributed by atoms with E-state index in [9.17, 15) is 19.2 Å². The van der Waals surface area contributed by atoms with Gasteiger partial charge in [-0.3, -0.25) is 24.2 Å². The number of amides is 2. The maximum atomic E-state index is 12.6. The summed E-state index contributed by atoms with van der Waals surface area (Å²) in [7, 11) is 0. The number of hydrogen-bond acceptors (Lipinski definition) is 8. The Hall–Kier alpha value is -3.99. The summed E-state index contributed by atoms with van der Waals surface area (Å²) in [5.41, 5.74) is 5.00. The van der Waals surface area contributed by atoms with Crippen LogP contribution in [-0.2, 0) is 25.5 Å². The van der Waals surface area contributed by atoms with Crippen molar-refractivity contribution in [2.24, 2.45) is 0 Å². The number of H-pyrrole nitrogens is 1. The number of esters is 1. The number of benzene rings is 2. The number of para-hydroxylation sites is 2. The molecule has 0 saturated carbocycles. The number of nitrogens with zero attached hydrogens (tertiary/aromatic N) is 2. The number of carbonyl (C=O) groups excluding carboxylic acids is 3. The van der Waals surface area contributed by atoms with Crippen LogP contribution in [0, 0.1) is 13.8 Å². The van der Waals surface area contributed by atoms with Crippen LogP contribution in [0.3, 0.4) is 0 Å². The number of aromatic nitrogens is 3. The van der Waals surface area contributed by atoms with Crippen molar-refractivity contribution in [3.63, 3.8) is 0 Å². The fourth-order valence-electron chi connectivity index (χ4n) is 4.18. The molecule has 2 aromatic carbocycles. The zero-order valence-electron chi connectivity index (χ0n) is 24.3. The lowest BCUT2D eigenvalue weighted by molar-refractivity contribution is -0.147. The number of hydrogen-bond donors (Lipinski definition) is 3. The van der Waals surface area contributed by atoms with Gasteiger partial charge in [0.05, 0.1) is 12.2 Å². The second kappa shape index (κ2) is 14.6. The summed E-state index contributed by atoms with van der Waals surface area (Å²) in [5.74, 6) is -0.815. The van der Waals surface area contributed by atoms with Gasteiger partial charge in [0, 0.05) is 17.8 Å². The lowest BCUT2D eigenvalue weighted by Gasteiger charge is -2.16. The van der Waals surface area contributed by atoms with Crippen LogP contribution in [0.1, 0.15) is 73.9 Å². The SMILES string of the molecule is Cc1cccc(C(C)C)c1NC(=O)COC(=O)CCc1nnc(SCC(=O)Nc2c(C)cccc2C(C)C)[nH]c1=O. The van der Waals surface area contributed by atoms with E-state index in [-0.39, 0.29) is 47.2 Å². The standard InChI is InChI=1S/C30H37N5O5S/c1-17(2)21-11-7-9-19(5)27(21)31-24(36)15-40-26(38)14-13-23-29(39)33-30(35-34-23)41-16-25(37)32-28-20(6)10-8-12-22(28)18(3)4/h7-12,17-18H,13-16H2,1-6H3,(H,31,36)(H,32,37)(H,33,35,39). The molecular weight excluding hydrogens is 542 g/mol. The minimum atomic E-state index is -0.637. The summed E-state index contributed by atoms with van der Waals surface area (Å²) in [6.07, 6.45) is -0.148. The van der Waals surface area contributed by atoms with Crippen LogP contribution in [0.15, 0.2) is 46.3 Å².